The van der Waals surface area contributed by atoms with E-state index >= 15 is 0 Å². The monoisotopic (exact) mass is 396 g/mol. The number of nitrogens with zero attached hydrogens (tertiary/aromatic N) is 3. The Bertz CT molecular complexity index is 842. The molecule has 2 aromatic heterocycles. The number of thiazole rings is 1. The van der Waals surface area contributed by atoms with Gasteiger partial charge in [0, 0.05) is 61.1 Å². The van der Waals surface area contributed by atoms with Gasteiger partial charge in [-0.15, -0.1) is 11.3 Å². The highest BCUT2D eigenvalue weighted by atomic mass is 32.1. The molecule has 1 aromatic carbocycles. The van der Waals surface area contributed by atoms with Crippen molar-refractivity contribution in [2.24, 2.45) is 0 Å². The molecule has 0 spiro atoms. The number of pyridine rings is 1. The number of hydrogen-bond acceptors (Lipinski definition) is 6. The first-order valence-corrected chi connectivity index (χ1v) is 10.1. The minimum absolute atomic E-state index is 0.250. The molecule has 0 radical (unpaired) electrons. The smallest absolute Gasteiger partial charge is 0.290 e. The average Bonchev–Trinajstić information content (AvgIpc) is 3.40. The fraction of sp³-hybridized carbons (Fsp3) is 0.286. The summed E-state index contributed by atoms with van der Waals surface area (Å²) in [5, 5.41) is 13.8. The summed E-state index contributed by atoms with van der Waals surface area (Å²) in [6, 6.07) is 15.3. The van der Waals surface area contributed by atoms with Crippen LogP contribution in [0.5, 0.6) is 0 Å². The fourth-order valence-electron chi connectivity index (χ4n) is 3.25. The first kappa shape index (κ1) is 20.0. The standard InChI is InChI=1S/C20H22N4S.CH2O2/c1-2-4-19(5-3-1)24-13-9-17(14-24)22-12-8-18-15-25-20(23-18)16-6-10-21-11-7-16;2-1-3/h1-7,10-11,15,17,22H,8-9,12-14H2;1H,(H,2,3). The molecular weight excluding hydrogens is 372 g/mol. The lowest BCUT2D eigenvalue weighted by Crippen LogP contribution is -2.33. The highest BCUT2D eigenvalue weighted by Gasteiger charge is 2.21. The largest absolute Gasteiger partial charge is 0.483 e. The van der Waals surface area contributed by atoms with Crippen LogP contribution in [-0.2, 0) is 11.2 Å². The van der Waals surface area contributed by atoms with Crippen molar-refractivity contribution in [3.63, 3.8) is 0 Å². The molecule has 7 heteroatoms. The SMILES string of the molecule is O=CO.c1ccc(N2CCC(NCCc3csc(-c4ccncc4)n3)C2)cc1. The van der Waals surface area contributed by atoms with E-state index in [2.05, 4.69) is 50.9 Å². The number of benzene rings is 1. The Morgan fingerprint density at radius 1 is 1.21 bits per heavy atom. The van der Waals surface area contributed by atoms with Gasteiger partial charge in [0.1, 0.15) is 5.01 Å². The molecule has 3 aromatic rings. The van der Waals surface area contributed by atoms with E-state index in [1.54, 1.807) is 11.3 Å². The molecule has 1 saturated heterocycles. The summed E-state index contributed by atoms with van der Waals surface area (Å²) in [7, 11) is 0. The van der Waals surface area contributed by atoms with Crippen LogP contribution in [0, 0.1) is 0 Å². The molecule has 146 valence electrons. The third-order valence-corrected chi connectivity index (χ3v) is 5.54. The number of aromatic nitrogens is 2. The molecule has 4 rings (SSSR count). The lowest BCUT2D eigenvalue weighted by molar-refractivity contribution is -0.122. The molecule has 1 unspecified atom stereocenters. The van der Waals surface area contributed by atoms with Crippen molar-refractivity contribution in [2.75, 3.05) is 24.5 Å². The van der Waals surface area contributed by atoms with Gasteiger partial charge < -0.3 is 15.3 Å². The quantitative estimate of drug-likeness (QED) is 0.623. The minimum Gasteiger partial charge on any atom is -0.483 e. The molecule has 6 nitrogen and oxygen atoms in total. The topological polar surface area (TPSA) is 78.4 Å². The molecule has 0 bridgehead atoms. The summed E-state index contributed by atoms with van der Waals surface area (Å²) in [5.41, 5.74) is 3.64. The van der Waals surface area contributed by atoms with Crippen molar-refractivity contribution in [3.05, 3.63) is 65.9 Å². The first-order chi connectivity index (χ1) is 13.8. The molecule has 1 aliphatic heterocycles. The second kappa shape index (κ2) is 10.5. The van der Waals surface area contributed by atoms with Crippen molar-refractivity contribution in [2.45, 2.75) is 18.9 Å². The summed E-state index contributed by atoms with van der Waals surface area (Å²) in [6.07, 6.45) is 5.81. The minimum atomic E-state index is -0.250. The third kappa shape index (κ3) is 5.61. The van der Waals surface area contributed by atoms with Crippen LogP contribution in [0.4, 0.5) is 5.69 Å². The Morgan fingerprint density at radius 2 is 1.96 bits per heavy atom. The van der Waals surface area contributed by atoms with Crippen LogP contribution in [0.15, 0.2) is 60.2 Å². The Hall–Kier alpha value is -2.77. The van der Waals surface area contributed by atoms with Crippen LogP contribution in [0.25, 0.3) is 10.6 Å². The summed E-state index contributed by atoms with van der Waals surface area (Å²) >= 11 is 1.71. The van der Waals surface area contributed by atoms with Gasteiger partial charge in [-0.05, 0) is 30.7 Å². The lowest BCUT2D eigenvalue weighted by atomic mass is 10.2. The highest BCUT2D eigenvalue weighted by Crippen LogP contribution is 2.23. The van der Waals surface area contributed by atoms with Gasteiger partial charge in [0.15, 0.2) is 0 Å². The van der Waals surface area contributed by atoms with Gasteiger partial charge in [-0.1, -0.05) is 18.2 Å². The maximum atomic E-state index is 8.36. The number of carboxylic acid groups (broad SMARTS) is 1. The van der Waals surface area contributed by atoms with Gasteiger partial charge in [-0.2, -0.15) is 0 Å². The van der Waals surface area contributed by atoms with E-state index in [9.17, 15) is 0 Å². The van der Waals surface area contributed by atoms with Crippen molar-refractivity contribution in [1.82, 2.24) is 15.3 Å². The second-order valence-corrected chi connectivity index (χ2v) is 7.31. The van der Waals surface area contributed by atoms with Gasteiger partial charge in [0.2, 0.25) is 0 Å². The van der Waals surface area contributed by atoms with E-state index in [1.807, 2.05) is 24.5 Å². The van der Waals surface area contributed by atoms with Gasteiger partial charge in [-0.25, -0.2) is 4.98 Å². The zero-order valence-corrected chi connectivity index (χ0v) is 16.4. The third-order valence-electron chi connectivity index (χ3n) is 4.60. The second-order valence-electron chi connectivity index (χ2n) is 6.46. The number of para-hydroxylation sites is 1. The lowest BCUT2D eigenvalue weighted by Gasteiger charge is -2.18. The molecule has 1 aliphatic rings. The van der Waals surface area contributed by atoms with Crippen LogP contribution in [0.3, 0.4) is 0 Å². The van der Waals surface area contributed by atoms with Crippen molar-refractivity contribution in [3.8, 4) is 10.6 Å². The molecule has 0 amide bonds. The zero-order valence-electron chi connectivity index (χ0n) is 15.6. The summed E-state index contributed by atoms with van der Waals surface area (Å²) in [4.78, 5) is 19.6. The molecule has 0 saturated carbocycles. The maximum absolute atomic E-state index is 8.36. The first-order valence-electron chi connectivity index (χ1n) is 9.26. The van der Waals surface area contributed by atoms with E-state index in [0.717, 1.165) is 36.6 Å². The van der Waals surface area contributed by atoms with Crippen LogP contribution < -0.4 is 10.2 Å². The van der Waals surface area contributed by atoms with E-state index in [0.29, 0.717) is 6.04 Å². The van der Waals surface area contributed by atoms with Crippen LogP contribution in [0.1, 0.15) is 12.1 Å². The summed E-state index contributed by atoms with van der Waals surface area (Å²) in [5.74, 6) is 0. The molecule has 1 atom stereocenters. The van der Waals surface area contributed by atoms with Crippen LogP contribution in [0.2, 0.25) is 0 Å². The molecule has 0 aliphatic carbocycles. The van der Waals surface area contributed by atoms with Gasteiger partial charge in [-0.3, -0.25) is 9.78 Å². The number of hydrogen-bond donors (Lipinski definition) is 2. The van der Waals surface area contributed by atoms with Crippen LogP contribution in [-0.4, -0.2) is 47.2 Å². The molecule has 28 heavy (non-hydrogen) atoms. The van der Waals surface area contributed by atoms with E-state index in [-0.39, 0.29) is 6.47 Å². The van der Waals surface area contributed by atoms with E-state index < -0.39 is 0 Å². The molecule has 3 heterocycles. The highest BCUT2D eigenvalue weighted by molar-refractivity contribution is 7.13. The number of anilines is 1. The Balaban J connectivity index is 0.000000706. The summed E-state index contributed by atoms with van der Waals surface area (Å²) in [6.45, 7) is 2.95. The van der Waals surface area contributed by atoms with Gasteiger partial charge >= 0.3 is 0 Å². The number of rotatable bonds is 6. The van der Waals surface area contributed by atoms with E-state index in [4.69, 9.17) is 14.9 Å². The van der Waals surface area contributed by atoms with Crippen molar-refractivity contribution >= 4 is 23.5 Å². The Labute approximate surface area is 168 Å². The molecule has 2 N–H and O–H groups in total. The van der Waals surface area contributed by atoms with Gasteiger partial charge in [0.25, 0.3) is 6.47 Å². The molecule has 1 fully saturated rings. The molecular formula is C21H24N4O2S. The van der Waals surface area contributed by atoms with Crippen LogP contribution >= 0.6 is 11.3 Å². The Morgan fingerprint density at radius 3 is 2.71 bits per heavy atom. The number of nitrogens with one attached hydrogen (secondary N) is 1. The van der Waals surface area contributed by atoms with Crippen molar-refractivity contribution in [1.29, 1.82) is 0 Å². The average molecular weight is 397 g/mol. The van der Waals surface area contributed by atoms with Crippen molar-refractivity contribution < 1.29 is 9.90 Å². The van der Waals surface area contributed by atoms with E-state index in [1.165, 1.54) is 17.8 Å². The predicted molar refractivity (Wildman–Crippen MR) is 113 cm³/mol. The van der Waals surface area contributed by atoms with Gasteiger partial charge in [0.05, 0.1) is 5.69 Å². The maximum Gasteiger partial charge on any atom is 0.290 e. The fourth-order valence-corrected chi connectivity index (χ4v) is 4.11. The number of carbonyl (C=O) groups is 1. The summed E-state index contributed by atoms with van der Waals surface area (Å²) < 4.78 is 0. The zero-order chi connectivity index (χ0) is 19.6. The predicted octanol–water partition coefficient (Wildman–Crippen LogP) is 3.32. The normalized spacial score (nSPS) is 15.7. The Kier molecular flexibility index (Phi) is 7.52.